The zero-order valence-electron chi connectivity index (χ0n) is 8.45. The Hall–Kier alpha value is -0.935. The number of hydrogen-bond donors (Lipinski definition) is 2. The second kappa shape index (κ2) is 3.67. The molecule has 76 valence electrons. The lowest BCUT2D eigenvalue weighted by Crippen LogP contribution is -2.34. The van der Waals surface area contributed by atoms with E-state index < -0.39 is 12.9 Å². The number of nitrogens with zero attached hydrogens (tertiary/aromatic N) is 1. The monoisotopic (exact) mass is 197 g/mol. The van der Waals surface area contributed by atoms with Gasteiger partial charge in [-0.2, -0.15) is 0 Å². The Kier molecular flexibility index (Phi) is 2.92. The number of rotatable bonds is 1. The predicted molar refractivity (Wildman–Crippen MR) is 52.7 cm³/mol. The molecular formula is C9H13BFNO2. The molecule has 5 heteroatoms. The summed E-state index contributed by atoms with van der Waals surface area (Å²) in [6.45, 7) is 5.75. The molecule has 0 bridgehead atoms. The first kappa shape index (κ1) is 11.1. The molecule has 1 rings (SSSR count). The van der Waals surface area contributed by atoms with E-state index in [0.29, 0.717) is 5.69 Å². The minimum Gasteiger partial charge on any atom is -0.423 e. The quantitative estimate of drug-likeness (QED) is 0.632. The maximum atomic E-state index is 13.0. The number of pyridine rings is 1. The highest BCUT2D eigenvalue weighted by Crippen LogP contribution is 2.18. The van der Waals surface area contributed by atoms with Gasteiger partial charge in [-0.3, -0.25) is 4.98 Å². The molecule has 1 aromatic heterocycles. The van der Waals surface area contributed by atoms with Gasteiger partial charge in [-0.15, -0.1) is 0 Å². The molecule has 0 spiro atoms. The van der Waals surface area contributed by atoms with Crippen LogP contribution in [0.2, 0.25) is 0 Å². The average molecular weight is 197 g/mol. The Labute approximate surface area is 82.8 Å². The van der Waals surface area contributed by atoms with Gasteiger partial charge in [-0.05, 0) is 6.07 Å². The van der Waals surface area contributed by atoms with Crippen LogP contribution >= 0.6 is 0 Å². The third-order valence-electron chi connectivity index (χ3n) is 1.93. The molecule has 3 nitrogen and oxygen atoms in total. The van der Waals surface area contributed by atoms with Crippen molar-refractivity contribution in [3.8, 4) is 0 Å². The van der Waals surface area contributed by atoms with E-state index in [4.69, 9.17) is 10.0 Å². The smallest absolute Gasteiger partial charge is 0.423 e. The van der Waals surface area contributed by atoms with E-state index >= 15 is 0 Å². The van der Waals surface area contributed by atoms with Gasteiger partial charge in [0.25, 0.3) is 0 Å². The summed E-state index contributed by atoms with van der Waals surface area (Å²) < 4.78 is 13.0. The van der Waals surface area contributed by atoms with E-state index in [1.807, 2.05) is 20.8 Å². The molecule has 0 amide bonds. The SMILES string of the molecule is CC(C)(C)c1cc(B(O)O)c(F)cn1. The van der Waals surface area contributed by atoms with E-state index in [9.17, 15) is 4.39 Å². The predicted octanol–water partition coefficient (Wildman–Crippen LogP) is 0.198. The minimum atomic E-state index is -1.79. The molecule has 2 N–H and O–H groups in total. The summed E-state index contributed by atoms with van der Waals surface area (Å²) in [7, 11) is -1.79. The Morgan fingerprint density at radius 2 is 1.93 bits per heavy atom. The Morgan fingerprint density at radius 1 is 1.36 bits per heavy atom. The van der Waals surface area contributed by atoms with Crippen molar-refractivity contribution in [2.24, 2.45) is 0 Å². The van der Waals surface area contributed by atoms with Crippen LogP contribution in [0.25, 0.3) is 0 Å². The first-order valence-corrected chi connectivity index (χ1v) is 4.34. The van der Waals surface area contributed by atoms with Gasteiger partial charge in [0.15, 0.2) is 0 Å². The van der Waals surface area contributed by atoms with Gasteiger partial charge in [-0.25, -0.2) is 4.39 Å². The summed E-state index contributed by atoms with van der Waals surface area (Å²) in [6.07, 6.45) is 1.01. The van der Waals surface area contributed by atoms with E-state index in [1.54, 1.807) is 0 Å². The molecule has 0 aliphatic heterocycles. The average Bonchev–Trinajstić information content (AvgIpc) is 2.02. The molecular weight excluding hydrogens is 184 g/mol. The van der Waals surface area contributed by atoms with E-state index in [2.05, 4.69) is 4.98 Å². The largest absolute Gasteiger partial charge is 0.491 e. The van der Waals surface area contributed by atoms with Gasteiger partial charge in [0.1, 0.15) is 5.82 Å². The Morgan fingerprint density at radius 3 is 2.36 bits per heavy atom. The Bertz CT molecular complexity index is 336. The maximum absolute atomic E-state index is 13.0. The topological polar surface area (TPSA) is 53.4 Å². The van der Waals surface area contributed by atoms with Gasteiger partial charge in [0, 0.05) is 16.6 Å². The van der Waals surface area contributed by atoms with Crippen LogP contribution < -0.4 is 5.46 Å². The van der Waals surface area contributed by atoms with Crippen molar-refractivity contribution in [1.82, 2.24) is 4.98 Å². The summed E-state index contributed by atoms with van der Waals surface area (Å²) in [5.41, 5.74) is 0.254. The van der Waals surface area contributed by atoms with E-state index in [0.717, 1.165) is 6.20 Å². The van der Waals surface area contributed by atoms with Gasteiger partial charge in [-0.1, -0.05) is 20.8 Å². The van der Waals surface area contributed by atoms with Gasteiger partial charge in [0.2, 0.25) is 0 Å². The van der Waals surface area contributed by atoms with E-state index in [1.165, 1.54) is 6.07 Å². The normalized spacial score (nSPS) is 11.6. The summed E-state index contributed by atoms with van der Waals surface area (Å²) >= 11 is 0. The van der Waals surface area contributed by atoms with Crippen LogP contribution in [-0.4, -0.2) is 22.2 Å². The molecule has 0 aromatic carbocycles. The molecule has 0 radical (unpaired) electrons. The molecule has 0 saturated heterocycles. The fraction of sp³-hybridized carbons (Fsp3) is 0.444. The van der Waals surface area contributed by atoms with Crippen LogP contribution in [0.15, 0.2) is 12.3 Å². The number of aromatic nitrogens is 1. The molecule has 0 saturated carbocycles. The van der Waals surface area contributed by atoms with Crippen molar-refractivity contribution in [1.29, 1.82) is 0 Å². The fourth-order valence-electron chi connectivity index (χ4n) is 1.06. The number of hydrogen-bond acceptors (Lipinski definition) is 3. The molecule has 14 heavy (non-hydrogen) atoms. The first-order valence-electron chi connectivity index (χ1n) is 4.34. The molecule has 0 aliphatic carbocycles. The lowest BCUT2D eigenvalue weighted by molar-refractivity contribution is 0.422. The van der Waals surface area contributed by atoms with E-state index in [-0.39, 0.29) is 10.9 Å². The highest BCUT2D eigenvalue weighted by molar-refractivity contribution is 6.58. The third-order valence-corrected chi connectivity index (χ3v) is 1.93. The van der Waals surface area contributed by atoms with Crippen molar-refractivity contribution >= 4 is 12.6 Å². The molecule has 0 fully saturated rings. The van der Waals surface area contributed by atoms with Crippen LogP contribution in [0.3, 0.4) is 0 Å². The highest BCUT2D eigenvalue weighted by Gasteiger charge is 2.22. The molecule has 1 aromatic rings. The van der Waals surface area contributed by atoms with Gasteiger partial charge < -0.3 is 10.0 Å². The number of halogens is 1. The summed E-state index contributed by atoms with van der Waals surface area (Å²) in [4.78, 5) is 3.90. The van der Waals surface area contributed by atoms with Crippen molar-refractivity contribution in [2.75, 3.05) is 0 Å². The van der Waals surface area contributed by atoms with Gasteiger partial charge >= 0.3 is 7.12 Å². The standard InChI is InChI=1S/C9H13BFNO2/c1-9(2,3)8-4-6(10(13)14)7(11)5-12-8/h4-5,13-14H,1-3H3. The zero-order valence-corrected chi connectivity index (χ0v) is 8.45. The summed E-state index contributed by atoms with van der Waals surface area (Å²) in [5, 5.41) is 17.8. The van der Waals surface area contributed by atoms with Crippen LogP contribution in [0.4, 0.5) is 4.39 Å². The maximum Gasteiger partial charge on any atom is 0.491 e. The molecule has 1 heterocycles. The van der Waals surface area contributed by atoms with Crippen molar-refractivity contribution in [3.63, 3.8) is 0 Å². The lowest BCUT2D eigenvalue weighted by Gasteiger charge is -2.18. The van der Waals surface area contributed by atoms with Crippen LogP contribution in [0.5, 0.6) is 0 Å². The van der Waals surface area contributed by atoms with Crippen molar-refractivity contribution < 1.29 is 14.4 Å². The second-order valence-corrected chi connectivity index (χ2v) is 4.21. The van der Waals surface area contributed by atoms with Crippen LogP contribution in [0, 0.1) is 5.82 Å². The van der Waals surface area contributed by atoms with Crippen molar-refractivity contribution in [3.05, 3.63) is 23.8 Å². The first-order chi connectivity index (χ1) is 6.32. The highest BCUT2D eigenvalue weighted by atomic mass is 19.1. The van der Waals surface area contributed by atoms with Crippen molar-refractivity contribution in [2.45, 2.75) is 26.2 Å². The zero-order chi connectivity index (χ0) is 10.9. The Balaban J connectivity index is 3.20. The minimum absolute atomic E-state index is 0.134. The lowest BCUT2D eigenvalue weighted by atomic mass is 9.78. The van der Waals surface area contributed by atoms with Gasteiger partial charge in [0.05, 0.1) is 6.20 Å². The third kappa shape index (κ3) is 2.30. The second-order valence-electron chi connectivity index (χ2n) is 4.21. The van der Waals surface area contributed by atoms with Crippen LogP contribution in [-0.2, 0) is 5.41 Å². The molecule has 0 unspecified atom stereocenters. The summed E-state index contributed by atoms with van der Waals surface area (Å²) in [6, 6.07) is 1.38. The molecule has 0 atom stereocenters. The fourth-order valence-corrected chi connectivity index (χ4v) is 1.06. The van der Waals surface area contributed by atoms with Crippen LogP contribution in [0.1, 0.15) is 26.5 Å². The summed E-state index contributed by atoms with van der Waals surface area (Å²) in [5.74, 6) is -0.701. The molecule has 0 aliphatic rings.